The number of carbonyl (C=O) groups excluding carboxylic acids is 5. The second-order valence-electron chi connectivity index (χ2n) is 10.5. The van der Waals surface area contributed by atoms with Crippen LogP contribution in [0.5, 0.6) is 0 Å². The number of nitrogens with zero attached hydrogens (tertiary/aromatic N) is 1. The smallest absolute Gasteiger partial charge is 0.255 e. The highest BCUT2D eigenvalue weighted by molar-refractivity contribution is 6.05. The Morgan fingerprint density at radius 1 is 1.03 bits per heavy atom. The molecule has 2 aliphatic heterocycles. The van der Waals surface area contributed by atoms with Crippen LogP contribution in [0.25, 0.3) is 0 Å². The van der Waals surface area contributed by atoms with Gasteiger partial charge >= 0.3 is 0 Å². The van der Waals surface area contributed by atoms with Gasteiger partial charge in [0.05, 0.1) is 0 Å². The number of carbonyl (C=O) groups is 5. The molecule has 1 saturated heterocycles. The lowest BCUT2D eigenvalue weighted by atomic mass is 10.0. The third-order valence-electron chi connectivity index (χ3n) is 7.77. The molecule has 5 amide bonds. The monoisotopic (exact) mass is 534 g/mol. The van der Waals surface area contributed by atoms with E-state index in [1.807, 2.05) is 6.07 Å². The predicted molar refractivity (Wildman–Crippen MR) is 138 cm³/mol. The summed E-state index contributed by atoms with van der Waals surface area (Å²) in [6.45, 7) is 0.382. The molecule has 10 heteroatoms. The molecule has 2 heterocycles. The summed E-state index contributed by atoms with van der Waals surface area (Å²) in [6.07, 6.45) is 5.04. The summed E-state index contributed by atoms with van der Waals surface area (Å²) in [6, 6.07) is 9.02. The van der Waals surface area contributed by atoms with Crippen LogP contribution >= 0.6 is 0 Å². The molecule has 9 nitrogen and oxygen atoms in total. The number of benzene rings is 2. The SMILES string of the molecule is O=C1CCC(N2Cc3cc(CNC(=O)[C@@H](NC(=O)CC4CCCC4)c4ccc(F)cc4)ccc3C2=O)C(=O)N1. The highest BCUT2D eigenvalue weighted by Gasteiger charge is 2.39. The van der Waals surface area contributed by atoms with E-state index in [1.165, 1.54) is 29.2 Å². The molecule has 0 radical (unpaired) electrons. The molecule has 0 bridgehead atoms. The van der Waals surface area contributed by atoms with Crippen molar-refractivity contribution in [3.8, 4) is 0 Å². The standard InChI is InChI=1S/C29H31FN4O5/c30-21-8-6-19(7-9-21)26(32-25(36)14-17-3-1-2-4-17)28(38)31-15-18-5-10-22-20(13-18)16-34(29(22)39)23-11-12-24(35)33-27(23)37/h5-10,13,17,23,26H,1-4,11-12,14-16H2,(H,31,38)(H,32,36)(H,33,35,37)/t23?,26-/m0/s1. The number of fused-ring (bicyclic) bond motifs is 1. The minimum absolute atomic E-state index is 0.148. The van der Waals surface area contributed by atoms with Crippen LogP contribution in [0.2, 0.25) is 0 Å². The first kappa shape index (κ1) is 26.5. The first-order valence-corrected chi connectivity index (χ1v) is 13.4. The number of halogens is 1. The fourth-order valence-corrected chi connectivity index (χ4v) is 5.68. The zero-order valence-corrected chi connectivity index (χ0v) is 21.5. The molecule has 2 atom stereocenters. The lowest BCUT2D eigenvalue weighted by molar-refractivity contribution is -0.137. The Labute approximate surface area is 225 Å². The molecule has 1 saturated carbocycles. The van der Waals surface area contributed by atoms with Gasteiger partial charge in [-0.05, 0) is 60.1 Å². The minimum Gasteiger partial charge on any atom is -0.350 e. The summed E-state index contributed by atoms with van der Waals surface area (Å²) in [5.41, 5.74) is 2.44. The van der Waals surface area contributed by atoms with Crippen molar-refractivity contribution >= 4 is 29.5 Å². The maximum Gasteiger partial charge on any atom is 0.255 e. The number of rotatable bonds is 8. The average molecular weight is 535 g/mol. The van der Waals surface area contributed by atoms with Crippen LogP contribution in [0.3, 0.4) is 0 Å². The van der Waals surface area contributed by atoms with Crippen molar-refractivity contribution in [1.82, 2.24) is 20.9 Å². The van der Waals surface area contributed by atoms with Gasteiger partial charge in [-0.15, -0.1) is 0 Å². The van der Waals surface area contributed by atoms with E-state index in [1.54, 1.807) is 12.1 Å². The normalized spacial score (nSPS) is 20.0. The van der Waals surface area contributed by atoms with Crippen LogP contribution in [0.1, 0.15) is 78.0 Å². The van der Waals surface area contributed by atoms with Crippen molar-refractivity contribution in [2.75, 3.05) is 0 Å². The van der Waals surface area contributed by atoms with E-state index in [9.17, 15) is 28.4 Å². The van der Waals surface area contributed by atoms with Gasteiger partial charge in [0.1, 0.15) is 17.9 Å². The zero-order valence-electron chi connectivity index (χ0n) is 21.5. The molecular formula is C29H31FN4O5. The van der Waals surface area contributed by atoms with E-state index in [4.69, 9.17) is 0 Å². The number of nitrogens with one attached hydrogen (secondary N) is 3. The highest BCUT2D eigenvalue weighted by Crippen LogP contribution is 2.29. The van der Waals surface area contributed by atoms with Gasteiger partial charge in [0.25, 0.3) is 5.91 Å². The third-order valence-corrected chi connectivity index (χ3v) is 7.77. The maximum atomic E-state index is 13.5. The number of hydrogen-bond donors (Lipinski definition) is 3. The minimum atomic E-state index is -0.974. The Morgan fingerprint density at radius 2 is 1.77 bits per heavy atom. The van der Waals surface area contributed by atoms with Gasteiger partial charge in [0.2, 0.25) is 23.6 Å². The number of amides is 5. The molecule has 3 N–H and O–H groups in total. The summed E-state index contributed by atoms with van der Waals surface area (Å²) >= 11 is 0. The maximum absolute atomic E-state index is 13.5. The first-order chi connectivity index (χ1) is 18.8. The van der Waals surface area contributed by atoms with Crippen molar-refractivity contribution in [1.29, 1.82) is 0 Å². The fraction of sp³-hybridized carbons (Fsp3) is 0.414. The zero-order chi connectivity index (χ0) is 27.5. The lowest BCUT2D eigenvalue weighted by Gasteiger charge is -2.29. The van der Waals surface area contributed by atoms with Crippen molar-refractivity contribution < 1.29 is 28.4 Å². The van der Waals surface area contributed by atoms with E-state index in [0.717, 1.165) is 36.8 Å². The van der Waals surface area contributed by atoms with Gasteiger partial charge in [0, 0.05) is 31.5 Å². The van der Waals surface area contributed by atoms with Gasteiger partial charge in [-0.3, -0.25) is 29.3 Å². The molecule has 1 unspecified atom stereocenters. The van der Waals surface area contributed by atoms with Gasteiger partial charge in [0.15, 0.2) is 0 Å². The second kappa shape index (κ2) is 11.3. The number of imide groups is 1. The van der Waals surface area contributed by atoms with Crippen molar-refractivity contribution in [3.05, 3.63) is 70.5 Å². The molecule has 3 aliphatic rings. The quantitative estimate of drug-likeness (QED) is 0.449. The molecule has 39 heavy (non-hydrogen) atoms. The number of hydrogen-bond acceptors (Lipinski definition) is 5. The van der Waals surface area contributed by atoms with Crippen LogP contribution in [0.15, 0.2) is 42.5 Å². The number of piperidine rings is 1. The summed E-state index contributed by atoms with van der Waals surface area (Å²) in [4.78, 5) is 64.1. The van der Waals surface area contributed by atoms with Gasteiger partial charge in [-0.2, -0.15) is 0 Å². The highest BCUT2D eigenvalue weighted by atomic mass is 19.1. The van der Waals surface area contributed by atoms with Crippen molar-refractivity contribution in [2.45, 2.75) is 70.1 Å². The molecule has 2 aromatic carbocycles. The fourth-order valence-electron chi connectivity index (χ4n) is 5.68. The first-order valence-electron chi connectivity index (χ1n) is 13.4. The van der Waals surface area contributed by atoms with Crippen LogP contribution in [-0.2, 0) is 32.3 Å². The summed E-state index contributed by atoms with van der Waals surface area (Å²) in [5, 5.41) is 7.97. The Kier molecular flexibility index (Phi) is 7.72. The Balaban J connectivity index is 1.24. The average Bonchev–Trinajstić information content (AvgIpc) is 3.54. The Morgan fingerprint density at radius 3 is 2.49 bits per heavy atom. The topological polar surface area (TPSA) is 125 Å². The molecule has 0 aromatic heterocycles. The summed E-state index contributed by atoms with van der Waals surface area (Å²) in [5.74, 6) is -1.84. The third kappa shape index (κ3) is 6.00. The largest absolute Gasteiger partial charge is 0.350 e. The van der Waals surface area contributed by atoms with Crippen molar-refractivity contribution in [2.24, 2.45) is 5.92 Å². The summed E-state index contributed by atoms with van der Waals surface area (Å²) < 4.78 is 13.5. The molecule has 0 spiro atoms. The van der Waals surface area contributed by atoms with E-state index < -0.39 is 29.7 Å². The van der Waals surface area contributed by atoms with E-state index in [2.05, 4.69) is 16.0 Å². The van der Waals surface area contributed by atoms with E-state index in [0.29, 0.717) is 23.5 Å². The molecule has 1 aliphatic carbocycles. The predicted octanol–water partition coefficient (Wildman–Crippen LogP) is 2.64. The summed E-state index contributed by atoms with van der Waals surface area (Å²) in [7, 11) is 0. The van der Waals surface area contributed by atoms with Crippen LogP contribution in [0.4, 0.5) is 4.39 Å². The molecule has 5 rings (SSSR count). The Bertz CT molecular complexity index is 1310. The van der Waals surface area contributed by atoms with Crippen LogP contribution in [0, 0.1) is 11.7 Å². The van der Waals surface area contributed by atoms with Crippen molar-refractivity contribution in [3.63, 3.8) is 0 Å². The second-order valence-corrected chi connectivity index (χ2v) is 10.5. The van der Waals surface area contributed by atoms with Gasteiger partial charge in [-0.25, -0.2) is 4.39 Å². The lowest BCUT2D eigenvalue weighted by Crippen LogP contribution is -2.52. The molecule has 2 fully saturated rings. The molecular weight excluding hydrogens is 503 g/mol. The molecule has 2 aromatic rings. The van der Waals surface area contributed by atoms with E-state index >= 15 is 0 Å². The molecule has 204 valence electrons. The van der Waals surface area contributed by atoms with E-state index in [-0.39, 0.29) is 43.7 Å². The van der Waals surface area contributed by atoms with Crippen LogP contribution < -0.4 is 16.0 Å². The van der Waals surface area contributed by atoms with Gasteiger partial charge in [-0.1, -0.05) is 37.1 Å². The van der Waals surface area contributed by atoms with Gasteiger partial charge < -0.3 is 15.5 Å². The van der Waals surface area contributed by atoms with Crippen LogP contribution in [-0.4, -0.2) is 40.5 Å². The Hall–Kier alpha value is -4.08.